The quantitative estimate of drug-likeness (QED) is 0.665. The minimum absolute atomic E-state index is 0.0988. The summed E-state index contributed by atoms with van der Waals surface area (Å²) in [6.45, 7) is 0. The van der Waals surface area contributed by atoms with Crippen molar-refractivity contribution in [2.75, 3.05) is 0 Å². The van der Waals surface area contributed by atoms with Gasteiger partial charge in [0, 0.05) is 10.0 Å². The van der Waals surface area contributed by atoms with Crippen LogP contribution in [0.5, 0.6) is 0 Å². The molecule has 0 radical (unpaired) electrons. The third-order valence-corrected chi connectivity index (χ3v) is 4.30. The summed E-state index contributed by atoms with van der Waals surface area (Å²) in [5.74, 6) is -1.93. The highest BCUT2D eigenvalue weighted by Gasteiger charge is 2.21. The van der Waals surface area contributed by atoms with Gasteiger partial charge in [0.15, 0.2) is 5.69 Å². The molecule has 1 aromatic heterocycles. The number of halogens is 2. The predicted molar refractivity (Wildman–Crippen MR) is 105 cm³/mol. The number of rotatable bonds is 4. The number of aromatic carboxylic acids is 1. The SMILES string of the molecule is N#Cc1c(/C=C\c2cccc(Br)c2)c(C(=O)O)nn(-c2ccc(F)cc2)c1=O. The number of hydrogen-bond acceptors (Lipinski definition) is 4. The van der Waals surface area contributed by atoms with Crippen LogP contribution < -0.4 is 5.56 Å². The molecule has 0 spiro atoms. The Morgan fingerprint density at radius 2 is 1.93 bits per heavy atom. The minimum atomic E-state index is -1.40. The van der Waals surface area contributed by atoms with Crippen molar-refractivity contribution in [3.8, 4) is 11.8 Å². The predicted octanol–water partition coefficient (Wildman–Crippen LogP) is 3.87. The van der Waals surface area contributed by atoms with E-state index in [1.165, 1.54) is 18.2 Å². The maximum absolute atomic E-state index is 13.1. The Bertz CT molecular complexity index is 1190. The van der Waals surface area contributed by atoms with Crippen molar-refractivity contribution in [3.63, 3.8) is 0 Å². The van der Waals surface area contributed by atoms with Gasteiger partial charge in [-0.15, -0.1) is 0 Å². The summed E-state index contributed by atoms with van der Waals surface area (Å²) in [5, 5.41) is 22.9. The highest BCUT2D eigenvalue weighted by molar-refractivity contribution is 9.10. The third-order valence-electron chi connectivity index (χ3n) is 3.81. The Balaban J connectivity index is 2.21. The number of carboxylic acids is 1. The number of nitriles is 1. The lowest BCUT2D eigenvalue weighted by Gasteiger charge is -2.09. The van der Waals surface area contributed by atoms with E-state index in [0.717, 1.165) is 26.9 Å². The number of carboxylic acid groups (broad SMARTS) is 1. The fraction of sp³-hybridized carbons (Fsp3) is 0. The van der Waals surface area contributed by atoms with Crippen LogP contribution in [0.4, 0.5) is 4.39 Å². The van der Waals surface area contributed by atoms with Crippen LogP contribution in [0.25, 0.3) is 17.8 Å². The summed E-state index contributed by atoms with van der Waals surface area (Å²) in [6.07, 6.45) is 2.95. The van der Waals surface area contributed by atoms with Crippen LogP contribution in [0, 0.1) is 17.1 Å². The molecule has 3 rings (SSSR count). The third kappa shape index (κ3) is 3.89. The Morgan fingerprint density at radius 3 is 2.54 bits per heavy atom. The van der Waals surface area contributed by atoms with Gasteiger partial charge in [0.05, 0.1) is 5.69 Å². The first-order valence-corrected chi connectivity index (χ1v) is 8.70. The Kier molecular flexibility index (Phi) is 5.47. The van der Waals surface area contributed by atoms with E-state index in [0.29, 0.717) is 0 Å². The molecule has 0 amide bonds. The molecule has 0 unspecified atom stereocenters. The number of aromatic nitrogens is 2. The molecule has 1 heterocycles. The summed E-state index contributed by atoms with van der Waals surface area (Å²) in [7, 11) is 0. The number of carbonyl (C=O) groups is 1. The zero-order valence-corrected chi connectivity index (χ0v) is 15.7. The lowest BCUT2D eigenvalue weighted by molar-refractivity contribution is 0.0688. The first-order valence-electron chi connectivity index (χ1n) is 7.91. The van der Waals surface area contributed by atoms with Crippen molar-refractivity contribution >= 4 is 34.1 Å². The maximum atomic E-state index is 13.1. The van der Waals surface area contributed by atoms with Crippen LogP contribution in [0.15, 0.2) is 57.8 Å². The van der Waals surface area contributed by atoms with E-state index in [4.69, 9.17) is 0 Å². The van der Waals surface area contributed by atoms with Gasteiger partial charge < -0.3 is 5.11 Å². The molecule has 2 aromatic carbocycles. The summed E-state index contributed by atoms with van der Waals surface area (Å²) < 4.78 is 14.7. The molecule has 0 aliphatic carbocycles. The summed E-state index contributed by atoms with van der Waals surface area (Å²) >= 11 is 3.33. The second kappa shape index (κ2) is 7.98. The van der Waals surface area contributed by atoms with Crippen molar-refractivity contribution < 1.29 is 14.3 Å². The van der Waals surface area contributed by atoms with Crippen molar-refractivity contribution in [3.05, 3.63) is 91.6 Å². The largest absolute Gasteiger partial charge is 0.476 e. The highest BCUT2D eigenvalue weighted by atomic mass is 79.9. The van der Waals surface area contributed by atoms with E-state index >= 15 is 0 Å². The van der Waals surface area contributed by atoms with Gasteiger partial charge in [-0.1, -0.05) is 40.2 Å². The Hall–Kier alpha value is -3.57. The van der Waals surface area contributed by atoms with E-state index in [-0.39, 0.29) is 16.8 Å². The first kappa shape index (κ1) is 19.2. The van der Waals surface area contributed by atoms with Crippen LogP contribution in [-0.4, -0.2) is 20.9 Å². The molecule has 0 saturated heterocycles. The monoisotopic (exact) mass is 439 g/mol. The summed E-state index contributed by atoms with van der Waals surface area (Å²) in [6, 6.07) is 13.7. The lowest BCUT2D eigenvalue weighted by atomic mass is 10.1. The number of benzene rings is 2. The second-order valence-electron chi connectivity index (χ2n) is 5.64. The molecule has 0 atom stereocenters. The standard InChI is InChI=1S/C20H11BrFN3O3/c21-13-3-1-2-12(10-13)4-9-16-17(11-23)19(26)25(24-18(16)20(27)28)15-7-5-14(22)6-8-15/h1-10H,(H,27,28)/b9-4-. The van der Waals surface area contributed by atoms with E-state index < -0.39 is 23.0 Å². The smallest absolute Gasteiger partial charge is 0.357 e. The molecule has 0 aliphatic heterocycles. The van der Waals surface area contributed by atoms with Gasteiger partial charge in [0.25, 0.3) is 5.56 Å². The average molecular weight is 440 g/mol. The highest BCUT2D eigenvalue weighted by Crippen LogP contribution is 2.18. The van der Waals surface area contributed by atoms with Gasteiger partial charge in [-0.25, -0.2) is 9.18 Å². The van der Waals surface area contributed by atoms with Crippen molar-refractivity contribution in [2.24, 2.45) is 0 Å². The van der Waals surface area contributed by atoms with Crippen molar-refractivity contribution in [1.29, 1.82) is 5.26 Å². The summed E-state index contributed by atoms with van der Waals surface area (Å²) in [5.41, 5.74) is -0.855. The van der Waals surface area contributed by atoms with E-state index in [1.54, 1.807) is 30.3 Å². The molecule has 8 heteroatoms. The molecule has 0 bridgehead atoms. The van der Waals surface area contributed by atoms with E-state index in [9.17, 15) is 24.3 Å². The lowest BCUT2D eigenvalue weighted by Crippen LogP contribution is -2.28. The van der Waals surface area contributed by atoms with Gasteiger partial charge in [0.1, 0.15) is 17.4 Å². The summed E-state index contributed by atoms with van der Waals surface area (Å²) in [4.78, 5) is 24.4. The van der Waals surface area contributed by atoms with Crippen molar-refractivity contribution in [2.45, 2.75) is 0 Å². The molecule has 0 saturated carbocycles. The molecule has 138 valence electrons. The zero-order valence-electron chi connectivity index (χ0n) is 14.1. The van der Waals surface area contributed by atoms with E-state index in [2.05, 4.69) is 21.0 Å². The number of nitrogens with zero attached hydrogens (tertiary/aromatic N) is 3. The normalized spacial score (nSPS) is 10.8. The van der Waals surface area contributed by atoms with Gasteiger partial charge >= 0.3 is 5.97 Å². The fourth-order valence-electron chi connectivity index (χ4n) is 2.51. The van der Waals surface area contributed by atoms with Crippen LogP contribution in [0.1, 0.15) is 27.2 Å². The minimum Gasteiger partial charge on any atom is -0.476 e. The van der Waals surface area contributed by atoms with Crippen LogP contribution >= 0.6 is 15.9 Å². The van der Waals surface area contributed by atoms with Crippen LogP contribution in [0.3, 0.4) is 0 Å². The molecular formula is C20H11BrFN3O3. The van der Waals surface area contributed by atoms with Gasteiger partial charge in [0.2, 0.25) is 0 Å². The molecule has 3 aromatic rings. The first-order chi connectivity index (χ1) is 13.4. The average Bonchev–Trinajstić information content (AvgIpc) is 2.67. The zero-order chi connectivity index (χ0) is 20.3. The molecule has 0 fully saturated rings. The van der Waals surface area contributed by atoms with Crippen molar-refractivity contribution in [1.82, 2.24) is 9.78 Å². The fourth-order valence-corrected chi connectivity index (χ4v) is 2.93. The molecule has 0 aliphatic rings. The Morgan fingerprint density at radius 1 is 1.21 bits per heavy atom. The van der Waals surface area contributed by atoms with Gasteiger partial charge in [-0.2, -0.15) is 15.0 Å². The maximum Gasteiger partial charge on any atom is 0.357 e. The molecule has 6 nitrogen and oxygen atoms in total. The van der Waals surface area contributed by atoms with Crippen LogP contribution in [-0.2, 0) is 0 Å². The number of hydrogen-bond donors (Lipinski definition) is 1. The van der Waals surface area contributed by atoms with E-state index in [1.807, 2.05) is 6.07 Å². The topological polar surface area (TPSA) is 96.0 Å². The molecule has 28 heavy (non-hydrogen) atoms. The second-order valence-corrected chi connectivity index (χ2v) is 6.55. The van der Waals surface area contributed by atoms with Crippen LogP contribution in [0.2, 0.25) is 0 Å². The Labute approximate surface area is 166 Å². The molecule has 1 N–H and O–H groups in total. The van der Waals surface area contributed by atoms with Gasteiger partial charge in [-0.3, -0.25) is 4.79 Å². The molecular weight excluding hydrogens is 429 g/mol. The van der Waals surface area contributed by atoms with Gasteiger partial charge in [-0.05, 0) is 42.0 Å².